The monoisotopic (exact) mass is 207 g/mol. The van der Waals surface area contributed by atoms with Gasteiger partial charge in [-0.15, -0.1) is 0 Å². The number of hydrogen-bond acceptors (Lipinski definition) is 1. The van der Waals surface area contributed by atoms with Crippen LogP contribution in [0.15, 0.2) is 18.2 Å². The van der Waals surface area contributed by atoms with Crippen LogP contribution in [-0.4, -0.2) is 0 Å². The highest BCUT2D eigenvalue weighted by molar-refractivity contribution is 5.28. The summed E-state index contributed by atoms with van der Waals surface area (Å²) in [5.74, 6) is -0.715. The van der Waals surface area contributed by atoms with Crippen LogP contribution < -0.4 is 5.73 Å². The standard InChI is InChI=1S/C9H9F4N/c1-5(14)7-4-6(9(11,12)13)2-3-8(7)10/h2-5H,14H2,1H3/t5-/m1/s1. The van der Waals surface area contributed by atoms with Crippen LogP contribution >= 0.6 is 0 Å². The largest absolute Gasteiger partial charge is 0.416 e. The van der Waals surface area contributed by atoms with E-state index in [0.29, 0.717) is 6.07 Å². The number of hydrogen-bond donors (Lipinski definition) is 1. The second-order valence-electron chi connectivity index (χ2n) is 3.02. The zero-order valence-electron chi connectivity index (χ0n) is 7.40. The minimum Gasteiger partial charge on any atom is -0.324 e. The van der Waals surface area contributed by atoms with E-state index in [4.69, 9.17) is 5.73 Å². The third-order valence-corrected chi connectivity index (χ3v) is 1.81. The van der Waals surface area contributed by atoms with Gasteiger partial charge in [-0.25, -0.2) is 4.39 Å². The molecular formula is C9H9F4N. The van der Waals surface area contributed by atoms with Gasteiger partial charge in [-0.2, -0.15) is 13.2 Å². The maximum atomic E-state index is 13.0. The van der Waals surface area contributed by atoms with Crippen molar-refractivity contribution in [3.63, 3.8) is 0 Å². The van der Waals surface area contributed by atoms with Crippen LogP contribution in [0.1, 0.15) is 24.1 Å². The lowest BCUT2D eigenvalue weighted by atomic mass is 10.0. The lowest BCUT2D eigenvalue weighted by Crippen LogP contribution is -2.11. The molecule has 0 unspecified atom stereocenters. The summed E-state index contributed by atoms with van der Waals surface area (Å²) in [7, 11) is 0. The summed E-state index contributed by atoms with van der Waals surface area (Å²) in [6.07, 6.45) is -4.46. The number of benzene rings is 1. The van der Waals surface area contributed by atoms with Gasteiger partial charge in [0.1, 0.15) is 5.82 Å². The molecule has 1 atom stereocenters. The van der Waals surface area contributed by atoms with Gasteiger partial charge in [-0.1, -0.05) is 0 Å². The molecule has 0 saturated heterocycles. The topological polar surface area (TPSA) is 26.0 Å². The summed E-state index contributed by atoms with van der Waals surface area (Å²) in [6.45, 7) is 1.43. The van der Waals surface area contributed by atoms with Crippen molar-refractivity contribution in [2.45, 2.75) is 19.1 Å². The fourth-order valence-electron chi connectivity index (χ4n) is 1.07. The third-order valence-electron chi connectivity index (χ3n) is 1.81. The molecule has 0 aliphatic heterocycles. The van der Waals surface area contributed by atoms with E-state index in [9.17, 15) is 17.6 Å². The van der Waals surface area contributed by atoms with Crippen molar-refractivity contribution in [2.75, 3.05) is 0 Å². The third kappa shape index (κ3) is 2.23. The van der Waals surface area contributed by atoms with Crippen molar-refractivity contribution in [3.8, 4) is 0 Å². The molecule has 0 heterocycles. The first-order valence-corrected chi connectivity index (χ1v) is 3.94. The molecule has 0 bridgehead atoms. The molecule has 0 spiro atoms. The molecule has 0 fully saturated rings. The molecule has 0 radical (unpaired) electrons. The zero-order valence-corrected chi connectivity index (χ0v) is 7.40. The Balaban J connectivity index is 3.20. The molecule has 1 nitrogen and oxygen atoms in total. The van der Waals surface area contributed by atoms with Gasteiger partial charge in [0.25, 0.3) is 0 Å². The Bertz CT molecular complexity index is 330. The van der Waals surface area contributed by atoms with Crippen molar-refractivity contribution >= 4 is 0 Å². The summed E-state index contributed by atoms with van der Waals surface area (Å²) < 4.78 is 49.6. The quantitative estimate of drug-likeness (QED) is 0.704. The highest BCUT2D eigenvalue weighted by atomic mass is 19.4. The summed E-state index contributed by atoms with van der Waals surface area (Å²) in [4.78, 5) is 0. The second-order valence-corrected chi connectivity index (χ2v) is 3.02. The Kier molecular flexibility index (Phi) is 2.80. The van der Waals surface area contributed by atoms with E-state index in [1.807, 2.05) is 0 Å². The molecule has 0 aliphatic rings. The Hall–Kier alpha value is -1.10. The molecule has 5 heteroatoms. The van der Waals surface area contributed by atoms with E-state index < -0.39 is 23.6 Å². The minimum absolute atomic E-state index is 0.125. The van der Waals surface area contributed by atoms with E-state index in [1.165, 1.54) is 6.92 Å². The Morgan fingerprint density at radius 3 is 2.29 bits per heavy atom. The van der Waals surface area contributed by atoms with E-state index in [0.717, 1.165) is 12.1 Å². The predicted molar refractivity (Wildman–Crippen MR) is 44.0 cm³/mol. The van der Waals surface area contributed by atoms with Crippen LogP contribution in [-0.2, 0) is 6.18 Å². The second kappa shape index (κ2) is 3.57. The summed E-state index contributed by atoms with van der Waals surface area (Å²) in [5.41, 5.74) is 4.31. The molecule has 0 aromatic heterocycles. The van der Waals surface area contributed by atoms with Gasteiger partial charge >= 0.3 is 6.18 Å². The average molecular weight is 207 g/mol. The van der Waals surface area contributed by atoms with Crippen LogP contribution in [0, 0.1) is 5.82 Å². The van der Waals surface area contributed by atoms with Gasteiger partial charge < -0.3 is 5.73 Å². The minimum atomic E-state index is -4.46. The number of halogens is 4. The molecule has 0 aliphatic carbocycles. The molecule has 78 valence electrons. The summed E-state index contributed by atoms with van der Waals surface area (Å²) >= 11 is 0. The normalized spacial score (nSPS) is 14.1. The highest BCUT2D eigenvalue weighted by Crippen LogP contribution is 2.31. The number of alkyl halides is 3. The van der Waals surface area contributed by atoms with Crippen molar-refractivity contribution in [1.29, 1.82) is 0 Å². The van der Waals surface area contributed by atoms with E-state index >= 15 is 0 Å². The van der Waals surface area contributed by atoms with E-state index in [1.54, 1.807) is 0 Å². The SMILES string of the molecule is C[C@@H](N)c1cc(C(F)(F)F)ccc1F. The van der Waals surface area contributed by atoms with Crippen LogP contribution in [0.5, 0.6) is 0 Å². The van der Waals surface area contributed by atoms with Crippen molar-refractivity contribution in [1.82, 2.24) is 0 Å². The maximum Gasteiger partial charge on any atom is 0.416 e. The summed E-state index contributed by atoms with van der Waals surface area (Å²) in [6, 6.07) is 1.46. The molecule has 1 aromatic carbocycles. The van der Waals surface area contributed by atoms with Crippen molar-refractivity contribution < 1.29 is 17.6 Å². The van der Waals surface area contributed by atoms with Crippen LogP contribution in [0.2, 0.25) is 0 Å². The van der Waals surface area contributed by atoms with Crippen molar-refractivity contribution in [2.24, 2.45) is 5.73 Å². The van der Waals surface area contributed by atoms with Crippen LogP contribution in [0.4, 0.5) is 17.6 Å². The van der Waals surface area contributed by atoms with E-state index in [-0.39, 0.29) is 5.56 Å². The fraction of sp³-hybridized carbons (Fsp3) is 0.333. The molecule has 14 heavy (non-hydrogen) atoms. The molecule has 0 amide bonds. The molecule has 2 N–H and O–H groups in total. The van der Waals surface area contributed by atoms with Gasteiger partial charge in [0.2, 0.25) is 0 Å². The average Bonchev–Trinajstić information content (AvgIpc) is 2.02. The first kappa shape index (κ1) is 11.0. The molecule has 0 saturated carbocycles. The Morgan fingerprint density at radius 2 is 1.86 bits per heavy atom. The fourth-order valence-corrected chi connectivity index (χ4v) is 1.07. The smallest absolute Gasteiger partial charge is 0.324 e. The highest BCUT2D eigenvalue weighted by Gasteiger charge is 2.31. The summed E-state index contributed by atoms with van der Waals surface area (Å²) in [5, 5.41) is 0. The van der Waals surface area contributed by atoms with Crippen molar-refractivity contribution in [3.05, 3.63) is 35.1 Å². The van der Waals surface area contributed by atoms with E-state index in [2.05, 4.69) is 0 Å². The number of nitrogens with two attached hydrogens (primary N) is 1. The van der Waals surface area contributed by atoms with Gasteiger partial charge in [0.15, 0.2) is 0 Å². The Morgan fingerprint density at radius 1 is 1.29 bits per heavy atom. The molecular weight excluding hydrogens is 198 g/mol. The first-order valence-electron chi connectivity index (χ1n) is 3.94. The molecule has 1 rings (SSSR count). The zero-order chi connectivity index (χ0) is 10.9. The maximum absolute atomic E-state index is 13.0. The first-order chi connectivity index (χ1) is 6.32. The van der Waals surface area contributed by atoms with Gasteiger partial charge in [0, 0.05) is 11.6 Å². The Labute approximate surface area is 78.5 Å². The lowest BCUT2D eigenvalue weighted by Gasteiger charge is -2.11. The van der Waals surface area contributed by atoms with Gasteiger partial charge in [-0.3, -0.25) is 0 Å². The van der Waals surface area contributed by atoms with Gasteiger partial charge in [-0.05, 0) is 25.1 Å². The van der Waals surface area contributed by atoms with Crippen LogP contribution in [0.25, 0.3) is 0 Å². The van der Waals surface area contributed by atoms with Gasteiger partial charge in [0.05, 0.1) is 5.56 Å². The molecule has 1 aromatic rings. The van der Waals surface area contributed by atoms with Crippen LogP contribution in [0.3, 0.4) is 0 Å². The lowest BCUT2D eigenvalue weighted by molar-refractivity contribution is -0.137. The number of rotatable bonds is 1. The predicted octanol–water partition coefficient (Wildman–Crippen LogP) is 2.86.